The monoisotopic (exact) mass is 240 g/mol. The number of hydrogen-bond donors (Lipinski definition) is 1. The first kappa shape index (κ1) is 12.6. The molecule has 0 heterocycles. The summed E-state index contributed by atoms with van der Waals surface area (Å²) in [6, 6.07) is 0. The van der Waals surface area contributed by atoms with Gasteiger partial charge < -0.3 is 14.6 Å². The summed E-state index contributed by atoms with van der Waals surface area (Å²) < 4.78 is 10.3. The van der Waals surface area contributed by atoms with Crippen molar-refractivity contribution in [2.24, 2.45) is 17.8 Å². The molecule has 0 aromatic heterocycles. The predicted molar refractivity (Wildman–Crippen MR) is 62.1 cm³/mol. The van der Waals surface area contributed by atoms with Crippen LogP contribution in [-0.2, 0) is 14.3 Å². The van der Waals surface area contributed by atoms with E-state index < -0.39 is 6.10 Å². The van der Waals surface area contributed by atoms with Crippen LogP contribution in [0.5, 0.6) is 0 Å². The summed E-state index contributed by atoms with van der Waals surface area (Å²) in [5, 5.41) is 9.79. The minimum atomic E-state index is -0.395. The van der Waals surface area contributed by atoms with Crippen LogP contribution in [0.3, 0.4) is 0 Å². The molecule has 1 fully saturated rings. The van der Waals surface area contributed by atoms with Gasteiger partial charge in [-0.25, -0.2) is 0 Å². The van der Waals surface area contributed by atoms with Gasteiger partial charge in [-0.1, -0.05) is 25.5 Å². The van der Waals surface area contributed by atoms with Crippen LogP contribution in [0, 0.1) is 17.8 Å². The van der Waals surface area contributed by atoms with Crippen LogP contribution in [-0.4, -0.2) is 30.6 Å². The maximum atomic E-state index is 11.8. The fraction of sp³-hybridized carbons (Fsp3) is 0.769. The normalized spacial score (nSPS) is 34.2. The highest BCUT2D eigenvalue weighted by atomic mass is 16.7. The van der Waals surface area contributed by atoms with E-state index >= 15 is 0 Å². The maximum Gasteiger partial charge on any atom is 0.311 e. The van der Waals surface area contributed by atoms with Crippen molar-refractivity contribution in [3.05, 3.63) is 12.2 Å². The second-order valence-corrected chi connectivity index (χ2v) is 4.80. The van der Waals surface area contributed by atoms with Crippen LogP contribution >= 0.6 is 0 Å². The second kappa shape index (κ2) is 5.65. The molecule has 0 aromatic carbocycles. The zero-order valence-corrected chi connectivity index (χ0v) is 10.2. The molecule has 0 amide bonds. The van der Waals surface area contributed by atoms with Gasteiger partial charge in [0.2, 0.25) is 0 Å². The summed E-state index contributed by atoms with van der Waals surface area (Å²) >= 11 is 0. The predicted octanol–water partition coefficient (Wildman–Crippen LogP) is 1.49. The number of carbonyl (C=O) groups excluding carboxylic acids is 1. The van der Waals surface area contributed by atoms with E-state index in [4.69, 9.17) is 9.47 Å². The average molecular weight is 240 g/mol. The fourth-order valence-corrected chi connectivity index (χ4v) is 2.59. The Balaban J connectivity index is 1.69. The second-order valence-electron chi connectivity index (χ2n) is 4.80. The van der Waals surface area contributed by atoms with E-state index in [9.17, 15) is 9.90 Å². The number of ether oxygens (including phenoxy) is 2. The van der Waals surface area contributed by atoms with E-state index in [0.29, 0.717) is 13.0 Å². The molecule has 96 valence electrons. The van der Waals surface area contributed by atoms with E-state index in [1.807, 2.05) is 12.2 Å². The van der Waals surface area contributed by atoms with E-state index in [-0.39, 0.29) is 30.5 Å². The number of unbranched alkanes of at least 4 members (excludes halogenated alkanes) is 1. The smallest absolute Gasteiger partial charge is 0.311 e. The van der Waals surface area contributed by atoms with Crippen LogP contribution in [0.2, 0.25) is 0 Å². The molecule has 4 heteroatoms. The van der Waals surface area contributed by atoms with Gasteiger partial charge in [0.15, 0.2) is 6.79 Å². The number of esters is 1. The van der Waals surface area contributed by atoms with Crippen molar-refractivity contribution >= 4 is 5.97 Å². The van der Waals surface area contributed by atoms with Crippen molar-refractivity contribution in [3.63, 3.8) is 0 Å². The van der Waals surface area contributed by atoms with Gasteiger partial charge in [0, 0.05) is 11.8 Å². The van der Waals surface area contributed by atoms with E-state index in [2.05, 4.69) is 6.92 Å². The van der Waals surface area contributed by atoms with Gasteiger partial charge >= 0.3 is 5.97 Å². The summed E-state index contributed by atoms with van der Waals surface area (Å²) in [5.41, 5.74) is 0. The summed E-state index contributed by atoms with van der Waals surface area (Å²) in [6.45, 7) is 2.74. The molecule has 1 N–H and O–H groups in total. The Morgan fingerprint density at radius 1 is 1.47 bits per heavy atom. The Morgan fingerprint density at radius 2 is 2.29 bits per heavy atom. The molecule has 2 aliphatic carbocycles. The third kappa shape index (κ3) is 2.69. The number of hydrogen-bond acceptors (Lipinski definition) is 4. The average Bonchev–Trinajstić information content (AvgIpc) is 2.84. The summed E-state index contributed by atoms with van der Waals surface area (Å²) in [4.78, 5) is 11.8. The van der Waals surface area contributed by atoms with Gasteiger partial charge in [-0.05, 0) is 12.8 Å². The van der Waals surface area contributed by atoms with Crippen molar-refractivity contribution < 1.29 is 19.4 Å². The van der Waals surface area contributed by atoms with Crippen molar-refractivity contribution in [3.8, 4) is 0 Å². The van der Waals surface area contributed by atoms with E-state index in [1.54, 1.807) is 0 Å². The van der Waals surface area contributed by atoms with Crippen LogP contribution < -0.4 is 0 Å². The molecule has 17 heavy (non-hydrogen) atoms. The molecule has 0 saturated heterocycles. The molecule has 1 saturated carbocycles. The van der Waals surface area contributed by atoms with Crippen molar-refractivity contribution in [2.75, 3.05) is 13.4 Å². The topological polar surface area (TPSA) is 55.8 Å². The first-order chi connectivity index (χ1) is 8.24. The summed E-state index contributed by atoms with van der Waals surface area (Å²) in [6.07, 6.45) is 6.29. The Kier molecular flexibility index (Phi) is 4.18. The summed E-state index contributed by atoms with van der Waals surface area (Å²) in [5.74, 6) is -0.339. The third-order valence-corrected chi connectivity index (χ3v) is 3.63. The number of fused-ring (bicyclic) bond motifs is 2. The highest BCUT2D eigenvalue weighted by Crippen LogP contribution is 2.44. The molecule has 4 nitrogen and oxygen atoms in total. The summed E-state index contributed by atoms with van der Waals surface area (Å²) in [7, 11) is 0. The maximum absolute atomic E-state index is 11.8. The largest absolute Gasteiger partial charge is 0.438 e. The van der Waals surface area contributed by atoms with E-state index in [1.165, 1.54) is 0 Å². The standard InChI is InChI=1S/C13H20O4/c1-2-3-6-16-8-17-13(15)11-7-9-4-5-10(11)12(9)14/h4-5,9-12,14H,2-3,6-8H2,1H3. The van der Waals surface area contributed by atoms with Crippen molar-refractivity contribution in [2.45, 2.75) is 32.3 Å². The molecule has 4 atom stereocenters. The lowest BCUT2D eigenvalue weighted by Gasteiger charge is -2.16. The van der Waals surface area contributed by atoms with Crippen LogP contribution in [0.1, 0.15) is 26.2 Å². The van der Waals surface area contributed by atoms with Gasteiger partial charge in [-0.3, -0.25) is 4.79 Å². The lowest BCUT2D eigenvalue weighted by Crippen LogP contribution is -2.25. The van der Waals surface area contributed by atoms with Crippen LogP contribution in [0.15, 0.2) is 12.2 Å². The molecule has 0 aliphatic heterocycles. The number of aliphatic hydroxyl groups excluding tert-OH is 1. The van der Waals surface area contributed by atoms with Crippen LogP contribution in [0.25, 0.3) is 0 Å². The number of carbonyl (C=O) groups is 1. The Labute approximate surface area is 102 Å². The van der Waals surface area contributed by atoms with Gasteiger partial charge in [-0.2, -0.15) is 0 Å². The first-order valence-corrected chi connectivity index (χ1v) is 6.34. The zero-order valence-electron chi connectivity index (χ0n) is 10.2. The Hall–Kier alpha value is -0.870. The van der Waals surface area contributed by atoms with Crippen molar-refractivity contribution in [1.29, 1.82) is 0 Å². The number of rotatable bonds is 6. The van der Waals surface area contributed by atoms with Crippen molar-refractivity contribution in [1.82, 2.24) is 0 Å². The van der Waals surface area contributed by atoms with Crippen LogP contribution in [0.4, 0.5) is 0 Å². The molecule has 2 bridgehead atoms. The molecule has 4 unspecified atom stereocenters. The number of aliphatic hydroxyl groups is 1. The SMILES string of the molecule is CCCCOCOC(=O)C1CC2C=CC1C2O. The first-order valence-electron chi connectivity index (χ1n) is 6.34. The Bertz CT molecular complexity index is 300. The minimum Gasteiger partial charge on any atom is -0.438 e. The highest BCUT2D eigenvalue weighted by molar-refractivity contribution is 5.74. The molecule has 0 aromatic rings. The lowest BCUT2D eigenvalue weighted by molar-refractivity contribution is -0.162. The molecule has 2 aliphatic rings. The van der Waals surface area contributed by atoms with Gasteiger partial charge in [0.05, 0.1) is 18.6 Å². The molecular formula is C13H20O4. The molecule has 0 spiro atoms. The fourth-order valence-electron chi connectivity index (χ4n) is 2.59. The third-order valence-electron chi connectivity index (χ3n) is 3.63. The van der Waals surface area contributed by atoms with E-state index in [0.717, 1.165) is 12.8 Å². The quantitative estimate of drug-likeness (QED) is 0.331. The molecule has 2 rings (SSSR count). The van der Waals surface area contributed by atoms with Gasteiger partial charge in [0.25, 0.3) is 0 Å². The van der Waals surface area contributed by atoms with Gasteiger partial charge in [0.1, 0.15) is 0 Å². The van der Waals surface area contributed by atoms with Gasteiger partial charge in [-0.15, -0.1) is 0 Å². The lowest BCUT2D eigenvalue weighted by atomic mass is 9.94. The molecular weight excluding hydrogens is 220 g/mol. The Morgan fingerprint density at radius 3 is 2.88 bits per heavy atom. The zero-order chi connectivity index (χ0) is 12.3. The minimum absolute atomic E-state index is 0.0343. The highest BCUT2D eigenvalue weighted by Gasteiger charge is 2.47. The molecule has 0 radical (unpaired) electrons.